The Morgan fingerprint density at radius 3 is 2.58 bits per heavy atom. The number of hydrogen-bond donors (Lipinski definition) is 1. The van der Waals surface area contributed by atoms with Gasteiger partial charge in [-0.1, -0.05) is 17.7 Å². The van der Waals surface area contributed by atoms with E-state index in [1.165, 1.54) is 12.1 Å². The molecular weight excluding hydrogens is 268 g/mol. The Balaban J connectivity index is 2.34. The van der Waals surface area contributed by atoms with Crippen LogP contribution in [0.2, 0.25) is 5.02 Å². The molecule has 0 heterocycles. The fourth-order valence-electron chi connectivity index (χ4n) is 1.55. The molecule has 0 spiro atoms. The zero-order chi connectivity index (χ0) is 13.8. The van der Waals surface area contributed by atoms with Crippen molar-refractivity contribution in [3.8, 4) is 17.2 Å². The molecule has 0 saturated heterocycles. The fraction of sp³-hybridized carbons (Fsp3) is 0.0714. The van der Waals surface area contributed by atoms with E-state index < -0.39 is 5.97 Å². The number of carboxylic acid groups (broad SMARTS) is 1. The largest absolute Gasteiger partial charge is 0.497 e. The van der Waals surface area contributed by atoms with Gasteiger partial charge in [0.1, 0.15) is 22.8 Å². The first-order chi connectivity index (χ1) is 9.10. The van der Waals surface area contributed by atoms with Crippen molar-refractivity contribution in [1.29, 1.82) is 0 Å². The van der Waals surface area contributed by atoms with E-state index in [0.717, 1.165) is 0 Å². The minimum Gasteiger partial charge on any atom is -0.497 e. The maximum absolute atomic E-state index is 11.1. The van der Waals surface area contributed by atoms with Gasteiger partial charge in [-0.25, -0.2) is 4.79 Å². The van der Waals surface area contributed by atoms with Gasteiger partial charge in [0.2, 0.25) is 0 Å². The Morgan fingerprint density at radius 1 is 1.16 bits per heavy atom. The third kappa shape index (κ3) is 3.17. The van der Waals surface area contributed by atoms with Crippen molar-refractivity contribution < 1.29 is 19.4 Å². The van der Waals surface area contributed by atoms with Gasteiger partial charge in [-0.2, -0.15) is 0 Å². The van der Waals surface area contributed by atoms with E-state index in [1.807, 2.05) is 0 Å². The molecule has 0 unspecified atom stereocenters. The molecule has 0 aliphatic heterocycles. The van der Waals surface area contributed by atoms with Crippen molar-refractivity contribution in [1.82, 2.24) is 0 Å². The Labute approximate surface area is 115 Å². The molecule has 0 aromatic heterocycles. The van der Waals surface area contributed by atoms with Gasteiger partial charge < -0.3 is 14.6 Å². The first-order valence-corrected chi connectivity index (χ1v) is 5.82. The van der Waals surface area contributed by atoms with Crippen molar-refractivity contribution >= 4 is 17.6 Å². The van der Waals surface area contributed by atoms with Crippen LogP contribution < -0.4 is 9.47 Å². The van der Waals surface area contributed by atoms with Gasteiger partial charge in [-0.05, 0) is 30.3 Å². The summed E-state index contributed by atoms with van der Waals surface area (Å²) in [5.41, 5.74) is 0.00956. The maximum atomic E-state index is 11.1. The molecular formula is C14H11ClO4. The molecule has 0 aliphatic rings. The second-order valence-electron chi connectivity index (χ2n) is 3.73. The van der Waals surface area contributed by atoms with Gasteiger partial charge in [0.25, 0.3) is 0 Å². The first-order valence-electron chi connectivity index (χ1n) is 5.45. The summed E-state index contributed by atoms with van der Waals surface area (Å²) in [6, 6.07) is 11.3. The second-order valence-corrected chi connectivity index (χ2v) is 4.16. The Morgan fingerprint density at radius 2 is 1.89 bits per heavy atom. The van der Waals surface area contributed by atoms with Crippen LogP contribution in [-0.4, -0.2) is 18.2 Å². The summed E-state index contributed by atoms with van der Waals surface area (Å²) < 4.78 is 10.6. The number of methoxy groups -OCH3 is 1. The molecule has 2 aromatic carbocycles. The number of carboxylic acids is 1. The van der Waals surface area contributed by atoms with Gasteiger partial charge in [0.05, 0.1) is 7.11 Å². The smallest absolute Gasteiger partial charge is 0.339 e. The number of ether oxygens (including phenoxy) is 2. The Hall–Kier alpha value is -2.20. The van der Waals surface area contributed by atoms with Crippen LogP contribution in [0.15, 0.2) is 42.5 Å². The molecule has 98 valence electrons. The van der Waals surface area contributed by atoms with E-state index in [4.69, 9.17) is 26.2 Å². The number of halogens is 1. The van der Waals surface area contributed by atoms with Crippen LogP contribution in [0.5, 0.6) is 17.2 Å². The third-order valence-corrected chi connectivity index (χ3v) is 2.68. The number of rotatable bonds is 4. The van der Waals surface area contributed by atoms with Crippen LogP contribution in [0.1, 0.15) is 10.4 Å². The van der Waals surface area contributed by atoms with Crippen molar-refractivity contribution in [3.63, 3.8) is 0 Å². The Bertz CT molecular complexity index is 610. The monoisotopic (exact) mass is 278 g/mol. The summed E-state index contributed by atoms with van der Waals surface area (Å²) in [5, 5.41) is 9.45. The second kappa shape index (κ2) is 5.63. The van der Waals surface area contributed by atoms with Crippen molar-refractivity contribution in [2.75, 3.05) is 7.11 Å². The van der Waals surface area contributed by atoms with E-state index >= 15 is 0 Å². The van der Waals surface area contributed by atoms with Crippen LogP contribution in [-0.2, 0) is 0 Å². The highest BCUT2D eigenvalue weighted by Gasteiger charge is 2.13. The highest BCUT2D eigenvalue weighted by Crippen LogP contribution is 2.29. The van der Waals surface area contributed by atoms with E-state index in [1.54, 1.807) is 37.4 Å². The third-order valence-electron chi connectivity index (χ3n) is 2.44. The highest BCUT2D eigenvalue weighted by molar-refractivity contribution is 6.31. The summed E-state index contributed by atoms with van der Waals surface area (Å²) >= 11 is 5.77. The molecule has 1 N–H and O–H groups in total. The molecule has 0 radical (unpaired) electrons. The zero-order valence-corrected chi connectivity index (χ0v) is 10.8. The molecule has 4 nitrogen and oxygen atoms in total. The topological polar surface area (TPSA) is 55.8 Å². The summed E-state index contributed by atoms with van der Waals surface area (Å²) in [6.45, 7) is 0. The van der Waals surface area contributed by atoms with Gasteiger partial charge in [-0.15, -0.1) is 0 Å². The van der Waals surface area contributed by atoms with E-state index in [9.17, 15) is 4.79 Å². The summed E-state index contributed by atoms with van der Waals surface area (Å²) in [5.74, 6) is 0.248. The van der Waals surface area contributed by atoms with E-state index in [-0.39, 0.29) is 11.3 Å². The minimum atomic E-state index is -1.10. The quantitative estimate of drug-likeness (QED) is 0.923. The van der Waals surface area contributed by atoms with Crippen LogP contribution >= 0.6 is 11.6 Å². The normalized spacial score (nSPS) is 10.0. The van der Waals surface area contributed by atoms with E-state index in [2.05, 4.69) is 0 Å². The van der Waals surface area contributed by atoms with Gasteiger partial charge >= 0.3 is 5.97 Å². The number of carbonyl (C=O) groups is 1. The molecule has 0 aliphatic carbocycles. The molecule has 0 saturated carbocycles. The molecule has 5 heteroatoms. The van der Waals surface area contributed by atoms with Crippen molar-refractivity contribution in [3.05, 3.63) is 53.1 Å². The predicted molar refractivity (Wildman–Crippen MR) is 71.5 cm³/mol. The zero-order valence-electron chi connectivity index (χ0n) is 10.1. The SMILES string of the molecule is COc1cccc(Oc2ccc(Cl)cc2C(=O)O)c1. The molecule has 0 bridgehead atoms. The van der Waals surface area contributed by atoms with Gasteiger partial charge in [-0.3, -0.25) is 0 Å². The summed E-state index contributed by atoms with van der Waals surface area (Å²) in [6.07, 6.45) is 0. The molecule has 0 atom stereocenters. The number of benzene rings is 2. The lowest BCUT2D eigenvalue weighted by molar-refractivity contribution is 0.0694. The Kier molecular flexibility index (Phi) is 3.92. The highest BCUT2D eigenvalue weighted by atomic mass is 35.5. The van der Waals surface area contributed by atoms with Crippen LogP contribution in [0.4, 0.5) is 0 Å². The predicted octanol–water partition coefficient (Wildman–Crippen LogP) is 3.84. The lowest BCUT2D eigenvalue weighted by Gasteiger charge is -2.10. The lowest BCUT2D eigenvalue weighted by atomic mass is 10.2. The number of aromatic carboxylic acids is 1. The maximum Gasteiger partial charge on any atom is 0.339 e. The number of hydrogen-bond acceptors (Lipinski definition) is 3. The van der Waals surface area contributed by atoms with Crippen LogP contribution in [0, 0.1) is 0 Å². The average molecular weight is 279 g/mol. The van der Waals surface area contributed by atoms with Crippen LogP contribution in [0.3, 0.4) is 0 Å². The molecule has 2 rings (SSSR count). The molecule has 0 amide bonds. The van der Waals surface area contributed by atoms with Gasteiger partial charge in [0.15, 0.2) is 0 Å². The lowest BCUT2D eigenvalue weighted by Crippen LogP contribution is -2.00. The van der Waals surface area contributed by atoms with E-state index in [0.29, 0.717) is 16.5 Å². The molecule has 0 fully saturated rings. The molecule has 19 heavy (non-hydrogen) atoms. The van der Waals surface area contributed by atoms with Crippen LogP contribution in [0.25, 0.3) is 0 Å². The summed E-state index contributed by atoms with van der Waals surface area (Å²) in [4.78, 5) is 11.1. The minimum absolute atomic E-state index is 0.00956. The van der Waals surface area contributed by atoms with Gasteiger partial charge in [0, 0.05) is 11.1 Å². The average Bonchev–Trinajstić information content (AvgIpc) is 2.41. The standard InChI is InChI=1S/C14H11ClO4/c1-18-10-3-2-4-11(8-10)19-13-6-5-9(15)7-12(13)14(16)17/h2-8H,1H3,(H,16,17). The van der Waals surface area contributed by atoms with Crippen molar-refractivity contribution in [2.45, 2.75) is 0 Å². The molecule has 2 aromatic rings. The fourth-order valence-corrected chi connectivity index (χ4v) is 1.72. The first kappa shape index (κ1) is 13.2. The van der Waals surface area contributed by atoms with Crippen molar-refractivity contribution in [2.24, 2.45) is 0 Å². The summed E-state index contributed by atoms with van der Waals surface area (Å²) in [7, 11) is 1.55.